The summed E-state index contributed by atoms with van der Waals surface area (Å²) in [6.07, 6.45) is 0. The molecule has 0 N–H and O–H groups in total. The van der Waals surface area contributed by atoms with Crippen molar-refractivity contribution >= 4 is 11.6 Å². The maximum Gasteiger partial charge on any atom is 0.312 e. The van der Waals surface area contributed by atoms with Crippen molar-refractivity contribution in [3.05, 3.63) is 21.5 Å². The molecule has 8 heteroatoms. The summed E-state index contributed by atoms with van der Waals surface area (Å²) >= 11 is 0. The summed E-state index contributed by atoms with van der Waals surface area (Å²) in [7, 11) is 1.59. The highest BCUT2D eigenvalue weighted by molar-refractivity contribution is 5.76. The van der Waals surface area contributed by atoms with Crippen molar-refractivity contribution in [1.82, 2.24) is 14.7 Å². The molecule has 8 nitrogen and oxygen atoms in total. The molecule has 0 unspecified atom stereocenters. The summed E-state index contributed by atoms with van der Waals surface area (Å²) in [4.78, 5) is 24.7. The van der Waals surface area contributed by atoms with Crippen molar-refractivity contribution in [2.24, 2.45) is 5.92 Å². The van der Waals surface area contributed by atoms with Gasteiger partial charge in [-0.15, -0.1) is 0 Å². The van der Waals surface area contributed by atoms with Crippen LogP contribution in [0.3, 0.4) is 0 Å². The predicted molar refractivity (Wildman–Crippen MR) is 81.6 cm³/mol. The second-order valence-electron chi connectivity index (χ2n) is 5.66. The largest absolute Gasteiger partial charge is 0.383 e. The number of carbonyl (C=O) groups excluding carboxylic acids is 1. The first-order valence-corrected chi connectivity index (χ1v) is 7.23. The van der Waals surface area contributed by atoms with Gasteiger partial charge in [-0.3, -0.25) is 19.6 Å². The minimum absolute atomic E-state index is 0.00303. The van der Waals surface area contributed by atoms with Gasteiger partial charge in [-0.2, -0.15) is 5.10 Å². The normalized spacial score (nSPS) is 11.0. The van der Waals surface area contributed by atoms with Crippen LogP contribution in [-0.2, 0) is 16.1 Å². The Morgan fingerprint density at radius 2 is 2.09 bits per heavy atom. The summed E-state index contributed by atoms with van der Waals surface area (Å²) < 4.78 is 6.43. The summed E-state index contributed by atoms with van der Waals surface area (Å²) in [6, 6.07) is 0. The van der Waals surface area contributed by atoms with E-state index in [1.807, 2.05) is 13.8 Å². The van der Waals surface area contributed by atoms with E-state index in [2.05, 4.69) is 5.10 Å². The van der Waals surface area contributed by atoms with Gasteiger partial charge in [0.2, 0.25) is 5.91 Å². The van der Waals surface area contributed by atoms with E-state index < -0.39 is 4.92 Å². The fraction of sp³-hybridized carbons (Fsp3) is 0.714. The topological polar surface area (TPSA) is 90.5 Å². The minimum atomic E-state index is -0.463. The van der Waals surface area contributed by atoms with E-state index >= 15 is 0 Å². The van der Waals surface area contributed by atoms with Crippen LogP contribution in [0.15, 0.2) is 0 Å². The molecule has 0 aliphatic rings. The summed E-state index contributed by atoms with van der Waals surface area (Å²) in [5.41, 5.74) is 0.690. The molecule has 0 radical (unpaired) electrons. The van der Waals surface area contributed by atoms with Gasteiger partial charge in [0.1, 0.15) is 17.9 Å². The summed E-state index contributed by atoms with van der Waals surface area (Å²) in [5.74, 6) is 0.210. The monoisotopic (exact) mass is 312 g/mol. The molecule has 1 rings (SSSR count). The smallest absolute Gasteiger partial charge is 0.312 e. The number of rotatable bonds is 8. The standard InChI is InChI=1S/C14H24N4O4/c1-10(2)8-16(6-7-22-5)13(19)9-17-12(4)14(18(20)21)11(3)15-17/h10H,6-9H2,1-5H3. The molecule has 0 aliphatic heterocycles. The molecule has 1 aromatic heterocycles. The van der Waals surface area contributed by atoms with Crippen molar-refractivity contribution in [3.8, 4) is 0 Å². The molecule has 0 bridgehead atoms. The first-order valence-electron chi connectivity index (χ1n) is 7.23. The summed E-state index contributed by atoms with van der Waals surface area (Å²) in [5, 5.41) is 15.1. The highest BCUT2D eigenvalue weighted by Crippen LogP contribution is 2.21. The number of ether oxygens (including phenoxy) is 1. The van der Waals surface area contributed by atoms with Crippen molar-refractivity contribution in [1.29, 1.82) is 0 Å². The highest BCUT2D eigenvalue weighted by atomic mass is 16.6. The molecule has 0 aromatic carbocycles. The summed E-state index contributed by atoms with van der Waals surface area (Å²) in [6.45, 7) is 8.80. The Bertz CT molecular complexity index is 539. The van der Waals surface area contributed by atoms with E-state index in [0.29, 0.717) is 37.0 Å². The third-order valence-electron chi connectivity index (χ3n) is 3.31. The Balaban J connectivity index is 2.89. The molecular formula is C14H24N4O4. The second-order valence-corrected chi connectivity index (χ2v) is 5.66. The fourth-order valence-corrected chi connectivity index (χ4v) is 2.29. The van der Waals surface area contributed by atoms with Gasteiger partial charge in [0.05, 0.1) is 11.5 Å². The lowest BCUT2D eigenvalue weighted by Crippen LogP contribution is -2.39. The van der Waals surface area contributed by atoms with Gasteiger partial charge in [0.15, 0.2) is 0 Å². The number of aromatic nitrogens is 2. The lowest BCUT2D eigenvalue weighted by molar-refractivity contribution is -0.386. The molecule has 0 fully saturated rings. The van der Waals surface area contributed by atoms with Crippen molar-refractivity contribution in [3.63, 3.8) is 0 Å². The first-order chi connectivity index (χ1) is 10.3. The quantitative estimate of drug-likeness (QED) is 0.536. The SMILES string of the molecule is COCCN(CC(C)C)C(=O)Cn1nc(C)c([N+](=O)[O-])c1C. The van der Waals surface area contributed by atoms with E-state index in [1.54, 1.807) is 25.9 Å². The molecule has 22 heavy (non-hydrogen) atoms. The van der Waals surface area contributed by atoms with E-state index in [4.69, 9.17) is 4.74 Å². The van der Waals surface area contributed by atoms with Crippen LogP contribution in [0.25, 0.3) is 0 Å². The predicted octanol–water partition coefficient (Wildman–Crippen LogP) is 1.54. The number of aryl methyl sites for hydroxylation is 1. The van der Waals surface area contributed by atoms with Gasteiger partial charge in [-0.25, -0.2) is 0 Å². The van der Waals surface area contributed by atoms with E-state index in [1.165, 1.54) is 4.68 Å². The van der Waals surface area contributed by atoms with Crippen LogP contribution in [0.2, 0.25) is 0 Å². The third kappa shape index (κ3) is 4.52. The Labute approximate surface area is 130 Å². The molecular weight excluding hydrogens is 288 g/mol. The molecule has 1 heterocycles. The Morgan fingerprint density at radius 1 is 1.45 bits per heavy atom. The number of carbonyl (C=O) groups is 1. The van der Waals surface area contributed by atoms with Crippen LogP contribution < -0.4 is 0 Å². The molecule has 0 aliphatic carbocycles. The maximum atomic E-state index is 12.4. The number of methoxy groups -OCH3 is 1. The second kappa shape index (κ2) is 7.88. The Kier molecular flexibility index (Phi) is 6.48. The molecule has 1 aromatic rings. The van der Waals surface area contributed by atoms with E-state index in [0.717, 1.165) is 0 Å². The van der Waals surface area contributed by atoms with Gasteiger partial charge in [0, 0.05) is 20.2 Å². The molecule has 0 spiro atoms. The first kappa shape index (κ1) is 18.1. The van der Waals surface area contributed by atoms with Gasteiger partial charge < -0.3 is 9.64 Å². The zero-order valence-electron chi connectivity index (χ0n) is 13.8. The van der Waals surface area contributed by atoms with E-state index in [9.17, 15) is 14.9 Å². The lowest BCUT2D eigenvalue weighted by Gasteiger charge is -2.24. The average molecular weight is 312 g/mol. The molecule has 124 valence electrons. The Hall–Kier alpha value is -1.96. The zero-order valence-corrected chi connectivity index (χ0v) is 13.8. The Morgan fingerprint density at radius 3 is 2.55 bits per heavy atom. The highest BCUT2D eigenvalue weighted by Gasteiger charge is 2.24. The van der Waals surface area contributed by atoms with Crippen molar-refractivity contribution < 1.29 is 14.5 Å². The average Bonchev–Trinajstić information content (AvgIpc) is 2.68. The third-order valence-corrected chi connectivity index (χ3v) is 3.31. The number of nitrogens with zero attached hydrogens (tertiary/aromatic N) is 4. The van der Waals surface area contributed by atoms with Gasteiger partial charge in [-0.1, -0.05) is 13.8 Å². The maximum absolute atomic E-state index is 12.4. The van der Waals surface area contributed by atoms with Crippen LogP contribution in [0.5, 0.6) is 0 Å². The van der Waals surface area contributed by atoms with Crippen LogP contribution in [0, 0.1) is 29.9 Å². The van der Waals surface area contributed by atoms with Crippen LogP contribution >= 0.6 is 0 Å². The number of nitro groups is 1. The molecule has 0 saturated heterocycles. The van der Waals surface area contributed by atoms with Crippen LogP contribution in [0.4, 0.5) is 5.69 Å². The molecule has 0 atom stereocenters. The minimum Gasteiger partial charge on any atom is -0.383 e. The van der Waals surface area contributed by atoms with Crippen LogP contribution in [0.1, 0.15) is 25.2 Å². The molecule has 0 saturated carbocycles. The lowest BCUT2D eigenvalue weighted by atomic mass is 10.2. The number of hydrogen-bond acceptors (Lipinski definition) is 5. The van der Waals surface area contributed by atoms with Crippen molar-refractivity contribution in [2.75, 3.05) is 26.8 Å². The van der Waals surface area contributed by atoms with Crippen molar-refractivity contribution in [2.45, 2.75) is 34.2 Å². The number of amides is 1. The van der Waals surface area contributed by atoms with Gasteiger partial charge >= 0.3 is 5.69 Å². The fourth-order valence-electron chi connectivity index (χ4n) is 2.29. The van der Waals surface area contributed by atoms with E-state index in [-0.39, 0.29) is 18.1 Å². The zero-order chi connectivity index (χ0) is 16.9. The van der Waals surface area contributed by atoms with Gasteiger partial charge in [0.25, 0.3) is 0 Å². The molecule has 1 amide bonds. The number of hydrogen-bond donors (Lipinski definition) is 0. The van der Waals surface area contributed by atoms with Crippen LogP contribution in [-0.4, -0.2) is 52.3 Å². The van der Waals surface area contributed by atoms with Gasteiger partial charge in [-0.05, 0) is 19.8 Å².